The Morgan fingerprint density at radius 3 is 2.54 bits per heavy atom. The third-order valence-corrected chi connectivity index (χ3v) is 5.30. The molecule has 0 amide bonds. The minimum absolute atomic E-state index is 0.0295. The summed E-state index contributed by atoms with van der Waals surface area (Å²) in [4.78, 5) is 0. The van der Waals surface area contributed by atoms with E-state index in [1.165, 1.54) is 0 Å². The van der Waals surface area contributed by atoms with Crippen LogP contribution in [0.5, 0.6) is 0 Å². The van der Waals surface area contributed by atoms with Crippen molar-refractivity contribution in [1.82, 2.24) is 5.32 Å². The number of hydrogen-bond donors (Lipinski definition) is 1. The van der Waals surface area contributed by atoms with Gasteiger partial charge in [-0.2, -0.15) is 0 Å². The first kappa shape index (κ1) is 9.46. The van der Waals surface area contributed by atoms with E-state index in [9.17, 15) is 8.42 Å². The highest BCUT2D eigenvalue weighted by Gasteiger charge is 2.35. The van der Waals surface area contributed by atoms with E-state index in [1.807, 2.05) is 0 Å². The fourth-order valence-electron chi connectivity index (χ4n) is 1.89. The maximum absolute atomic E-state index is 11.5. The van der Waals surface area contributed by atoms with Gasteiger partial charge in [-0.05, 0) is 44.7 Å². The zero-order chi connectivity index (χ0) is 9.31. The van der Waals surface area contributed by atoms with E-state index >= 15 is 0 Å². The molecule has 13 heavy (non-hydrogen) atoms. The SMILES string of the molecule is O=S(=O)(CCC1CCNC1)C1CC1. The molecule has 1 heterocycles. The molecule has 1 aliphatic carbocycles. The highest BCUT2D eigenvalue weighted by molar-refractivity contribution is 7.92. The zero-order valence-electron chi connectivity index (χ0n) is 7.83. The number of rotatable bonds is 4. The third-order valence-electron chi connectivity index (χ3n) is 3.01. The Morgan fingerprint density at radius 2 is 2.00 bits per heavy atom. The Kier molecular flexibility index (Phi) is 2.60. The molecule has 0 aromatic carbocycles. The molecule has 3 nitrogen and oxygen atoms in total. The predicted molar refractivity (Wildman–Crippen MR) is 52.4 cm³/mol. The van der Waals surface area contributed by atoms with Crippen molar-refractivity contribution in [3.8, 4) is 0 Å². The Balaban J connectivity index is 1.77. The molecular formula is C9H17NO2S. The van der Waals surface area contributed by atoms with E-state index in [0.29, 0.717) is 11.7 Å². The summed E-state index contributed by atoms with van der Waals surface area (Å²) >= 11 is 0. The minimum atomic E-state index is -2.70. The summed E-state index contributed by atoms with van der Waals surface area (Å²) in [5, 5.41) is 3.29. The molecule has 1 atom stereocenters. The van der Waals surface area contributed by atoms with Gasteiger partial charge in [-0.1, -0.05) is 0 Å². The van der Waals surface area contributed by atoms with Gasteiger partial charge in [-0.3, -0.25) is 0 Å². The molecule has 4 heteroatoms. The van der Waals surface area contributed by atoms with Crippen LogP contribution in [0, 0.1) is 5.92 Å². The summed E-state index contributed by atoms with van der Waals surface area (Å²) in [5.41, 5.74) is 0. The fraction of sp³-hybridized carbons (Fsp3) is 1.00. The Morgan fingerprint density at radius 1 is 1.23 bits per heavy atom. The van der Waals surface area contributed by atoms with Crippen molar-refractivity contribution >= 4 is 9.84 Å². The van der Waals surface area contributed by atoms with E-state index in [2.05, 4.69) is 5.32 Å². The van der Waals surface area contributed by atoms with Crippen LogP contribution in [0.15, 0.2) is 0 Å². The zero-order valence-corrected chi connectivity index (χ0v) is 8.65. The van der Waals surface area contributed by atoms with Crippen LogP contribution in [0.25, 0.3) is 0 Å². The Hall–Kier alpha value is -0.0900. The quantitative estimate of drug-likeness (QED) is 0.726. The molecule has 1 saturated heterocycles. The number of nitrogens with one attached hydrogen (secondary N) is 1. The van der Waals surface area contributed by atoms with Gasteiger partial charge < -0.3 is 5.32 Å². The molecule has 1 aliphatic heterocycles. The summed E-state index contributed by atoms with van der Waals surface area (Å²) in [6.07, 6.45) is 3.84. The fourth-order valence-corrected chi connectivity index (χ4v) is 3.74. The van der Waals surface area contributed by atoms with Crippen LogP contribution in [-0.2, 0) is 9.84 Å². The lowest BCUT2D eigenvalue weighted by molar-refractivity contribution is 0.545. The van der Waals surface area contributed by atoms with Gasteiger partial charge in [0, 0.05) is 0 Å². The van der Waals surface area contributed by atoms with Crippen molar-refractivity contribution in [2.75, 3.05) is 18.8 Å². The Labute approximate surface area is 79.8 Å². The van der Waals surface area contributed by atoms with Crippen LogP contribution in [0.3, 0.4) is 0 Å². The molecular weight excluding hydrogens is 186 g/mol. The molecule has 1 saturated carbocycles. The lowest BCUT2D eigenvalue weighted by Crippen LogP contribution is -2.16. The summed E-state index contributed by atoms with van der Waals surface area (Å²) in [5.74, 6) is 1.03. The molecule has 76 valence electrons. The first-order valence-electron chi connectivity index (χ1n) is 5.11. The second-order valence-corrected chi connectivity index (χ2v) is 6.61. The van der Waals surface area contributed by atoms with Crippen LogP contribution in [0.2, 0.25) is 0 Å². The lowest BCUT2D eigenvalue weighted by Gasteiger charge is -2.07. The first-order chi connectivity index (χ1) is 6.18. The highest BCUT2D eigenvalue weighted by Crippen LogP contribution is 2.30. The van der Waals surface area contributed by atoms with Crippen molar-refractivity contribution in [3.05, 3.63) is 0 Å². The van der Waals surface area contributed by atoms with E-state index in [1.54, 1.807) is 0 Å². The largest absolute Gasteiger partial charge is 0.316 e. The summed E-state index contributed by atoms with van der Waals surface area (Å²) in [7, 11) is -2.70. The Bertz CT molecular complexity index is 263. The van der Waals surface area contributed by atoms with Crippen molar-refractivity contribution in [2.45, 2.75) is 30.9 Å². The number of sulfone groups is 1. The molecule has 2 aliphatic rings. The number of hydrogen-bond acceptors (Lipinski definition) is 3. The first-order valence-corrected chi connectivity index (χ1v) is 6.82. The molecule has 0 radical (unpaired) electrons. The lowest BCUT2D eigenvalue weighted by atomic mass is 10.1. The third kappa shape index (κ3) is 2.44. The molecule has 2 rings (SSSR count). The van der Waals surface area contributed by atoms with Gasteiger partial charge in [-0.15, -0.1) is 0 Å². The molecule has 0 aromatic rings. The highest BCUT2D eigenvalue weighted by atomic mass is 32.2. The second-order valence-electron chi connectivity index (χ2n) is 4.21. The average molecular weight is 203 g/mol. The van der Waals surface area contributed by atoms with Gasteiger partial charge in [0.15, 0.2) is 9.84 Å². The smallest absolute Gasteiger partial charge is 0.153 e. The van der Waals surface area contributed by atoms with Crippen molar-refractivity contribution in [2.24, 2.45) is 5.92 Å². The minimum Gasteiger partial charge on any atom is -0.316 e. The van der Waals surface area contributed by atoms with Crippen molar-refractivity contribution in [1.29, 1.82) is 0 Å². The van der Waals surface area contributed by atoms with Crippen LogP contribution in [-0.4, -0.2) is 32.5 Å². The molecule has 1 unspecified atom stereocenters. The standard InChI is InChI=1S/C9H17NO2S/c11-13(12,9-1-2-9)6-4-8-3-5-10-7-8/h8-10H,1-7H2. The summed E-state index contributed by atoms with van der Waals surface area (Å²) in [6.45, 7) is 2.08. The maximum Gasteiger partial charge on any atom is 0.153 e. The normalized spacial score (nSPS) is 29.4. The van der Waals surface area contributed by atoms with E-state index in [-0.39, 0.29) is 5.25 Å². The van der Waals surface area contributed by atoms with Crippen LogP contribution < -0.4 is 5.32 Å². The van der Waals surface area contributed by atoms with Crippen molar-refractivity contribution in [3.63, 3.8) is 0 Å². The van der Waals surface area contributed by atoms with Gasteiger partial charge in [0.05, 0.1) is 11.0 Å². The monoisotopic (exact) mass is 203 g/mol. The topological polar surface area (TPSA) is 46.2 Å². The average Bonchev–Trinajstić information content (AvgIpc) is 2.82. The van der Waals surface area contributed by atoms with Crippen LogP contribution >= 0.6 is 0 Å². The molecule has 2 fully saturated rings. The molecule has 0 spiro atoms. The van der Waals surface area contributed by atoms with E-state index in [0.717, 1.165) is 38.8 Å². The van der Waals surface area contributed by atoms with Crippen LogP contribution in [0.4, 0.5) is 0 Å². The van der Waals surface area contributed by atoms with E-state index < -0.39 is 9.84 Å². The van der Waals surface area contributed by atoms with Gasteiger partial charge in [-0.25, -0.2) is 8.42 Å². The maximum atomic E-state index is 11.5. The molecule has 1 N–H and O–H groups in total. The van der Waals surface area contributed by atoms with Crippen LogP contribution in [0.1, 0.15) is 25.7 Å². The van der Waals surface area contributed by atoms with Crippen molar-refractivity contribution < 1.29 is 8.42 Å². The summed E-state index contributed by atoms with van der Waals surface area (Å²) < 4.78 is 23.1. The van der Waals surface area contributed by atoms with Gasteiger partial charge >= 0.3 is 0 Å². The van der Waals surface area contributed by atoms with Gasteiger partial charge in [0.2, 0.25) is 0 Å². The molecule has 0 aromatic heterocycles. The van der Waals surface area contributed by atoms with Gasteiger partial charge in [0.1, 0.15) is 0 Å². The second kappa shape index (κ2) is 3.58. The van der Waals surface area contributed by atoms with E-state index in [4.69, 9.17) is 0 Å². The molecule has 0 bridgehead atoms. The summed E-state index contributed by atoms with van der Waals surface area (Å²) in [6, 6.07) is 0. The van der Waals surface area contributed by atoms with Gasteiger partial charge in [0.25, 0.3) is 0 Å². The predicted octanol–water partition coefficient (Wildman–Crippen LogP) is 0.563.